The maximum absolute atomic E-state index is 6.08. The maximum Gasteiger partial charge on any atom is 0.124 e. The van der Waals surface area contributed by atoms with Crippen LogP contribution < -0.4 is 10.1 Å². The molecule has 1 N–H and O–H groups in total. The Balaban J connectivity index is 2.39. The van der Waals surface area contributed by atoms with Gasteiger partial charge in [-0.1, -0.05) is 26.0 Å². The summed E-state index contributed by atoms with van der Waals surface area (Å²) in [5, 5.41) is 3.42. The van der Waals surface area contributed by atoms with Crippen LogP contribution in [-0.2, 0) is 0 Å². The van der Waals surface area contributed by atoms with Gasteiger partial charge in [-0.25, -0.2) is 0 Å². The molecule has 2 unspecified atom stereocenters. The minimum atomic E-state index is -0.0848. The highest BCUT2D eigenvalue weighted by molar-refractivity contribution is 5.42. The monoisotopic (exact) mass is 247 g/mol. The minimum Gasteiger partial charge on any atom is -0.487 e. The second-order valence-corrected chi connectivity index (χ2v) is 6.01. The molecule has 0 fully saturated rings. The number of hydrogen-bond donors (Lipinski definition) is 1. The predicted octanol–water partition coefficient (Wildman–Crippen LogP) is 4.02. The second-order valence-electron chi connectivity index (χ2n) is 6.01. The minimum absolute atomic E-state index is 0.0848. The van der Waals surface area contributed by atoms with E-state index in [-0.39, 0.29) is 5.60 Å². The summed E-state index contributed by atoms with van der Waals surface area (Å²) in [4.78, 5) is 0. The first-order valence-electron chi connectivity index (χ1n) is 6.97. The van der Waals surface area contributed by atoms with Crippen LogP contribution in [-0.4, -0.2) is 12.6 Å². The summed E-state index contributed by atoms with van der Waals surface area (Å²) < 4.78 is 6.08. The molecule has 1 aromatic rings. The van der Waals surface area contributed by atoms with Crippen LogP contribution in [0.3, 0.4) is 0 Å². The third-order valence-electron chi connectivity index (χ3n) is 4.02. The first-order valence-corrected chi connectivity index (χ1v) is 6.97. The molecule has 2 nitrogen and oxygen atoms in total. The van der Waals surface area contributed by atoms with Crippen molar-refractivity contribution in [1.82, 2.24) is 5.32 Å². The smallest absolute Gasteiger partial charge is 0.124 e. The molecule has 0 aromatic heterocycles. The number of fused-ring (bicyclic) bond motifs is 1. The Morgan fingerprint density at radius 1 is 1.44 bits per heavy atom. The van der Waals surface area contributed by atoms with Crippen LogP contribution in [0.5, 0.6) is 5.75 Å². The average molecular weight is 247 g/mol. The second kappa shape index (κ2) is 4.93. The van der Waals surface area contributed by atoms with Crippen molar-refractivity contribution in [1.29, 1.82) is 0 Å². The van der Waals surface area contributed by atoms with Crippen molar-refractivity contribution in [2.24, 2.45) is 0 Å². The Morgan fingerprint density at radius 3 is 2.78 bits per heavy atom. The highest BCUT2D eigenvalue weighted by atomic mass is 16.5. The van der Waals surface area contributed by atoms with E-state index in [9.17, 15) is 0 Å². The molecule has 0 spiro atoms. The molecule has 0 bridgehead atoms. The first kappa shape index (κ1) is 13.4. The molecule has 0 saturated heterocycles. The van der Waals surface area contributed by atoms with E-state index >= 15 is 0 Å². The summed E-state index contributed by atoms with van der Waals surface area (Å²) in [5.41, 5.74) is 2.65. The van der Waals surface area contributed by atoms with E-state index in [1.807, 2.05) is 7.05 Å². The molecule has 1 aliphatic rings. The summed E-state index contributed by atoms with van der Waals surface area (Å²) in [6, 6.07) is 7.07. The molecule has 0 radical (unpaired) electrons. The lowest BCUT2D eigenvalue weighted by molar-refractivity contribution is 0.0674. The first-order chi connectivity index (χ1) is 8.46. The SMILES string of the molecule is CCC(C)c1ccc2c(c1)C(NC)CC(C)(C)O2. The lowest BCUT2D eigenvalue weighted by Crippen LogP contribution is -2.38. The van der Waals surface area contributed by atoms with Gasteiger partial charge in [-0.3, -0.25) is 0 Å². The van der Waals surface area contributed by atoms with Crippen LogP contribution in [0.2, 0.25) is 0 Å². The van der Waals surface area contributed by atoms with E-state index in [0.29, 0.717) is 12.0 Å². The van der Waals surface area contributed by atoms with E-state index in [0.717, 1.165) is 12.2 Å². The molecule has 0 aliphatic carbocycles. The van der Waals surface area contributed by atoms with Gasteiger partial charge in [0.05, 0.1) is 0 Å². The van der Waals surface area contributed by atoms with E-state index in [2.05, 4.69) is 51.2 Å². The summed E-state index contributed by atoms with van der Waals surface area (Å²) in [7, 11) is 2.03. The van der Waals surface area contributed by atoms with Crippen LogP contribution in [0.15, 0.2) is 18.2 Å². The highest BCUT2D eigenvalue weighted by Crippen LogP contribution is 2.40. The van der Waals surface area contributed by atoms with Crippen molar-refractivity contribution in [2.45, 2.75) is 58.1 Å². The highest BCUT2D eigenvalue weighted by Gasteiger charge is 2.33. The van der Waals surface area contributed by atoms with Gasteiger partial charge in [0.15, 0.2) is 0 Å². The molecule has 1 aromatic carbocycles. The lowest BCUT2D eigenvalue weighted by Gasteiger charge is -2.38. The summed E-state index contributed by atoms with van der Waals surface area (Å²) >= 11 is 0. The fourth-order valence-electron chi connectivity index (χ4n) is 2.67. The van der Waals surface area contributed by atoms with Crippen LogP contribution in [0.4, 0.5) is 0 Å². The van der Waals surface area contributed by atoms with Crippen molar-refractivity contribution >= 4 is 0 Å². The normalized spacial score (nSPS) is 23.1. The Morgan fingerprint density at radius 2 is 2.17 bits per heavy atom. The third kappa shape index (κ3) is 2.54. The zero-order chi connectivity index (χ0) is 13.3. The molecule has 2 heteroatoms. The topological polar surface area (TPSA) is 21.3 Å². The number of rotatable bonds is 3. The molecule has 2 atom stereocenters. The van der Waals surface area contributed by atoms with E-state index < -0.39 is 0 Å². The largest absolute Gasteiger partial charge is 0.487 e. The van der Waals surface area contributed by atoms with Crippen LogP contribution in [0.25, 0.3) is 0 Å². The molecule has 100 valence electrons. The Kier molecular flexibility index (Phi) is 3.67. The van der Waals surface area contributed by atoms with E-state index in [4.69, 9.17) is 4.74 Å². The van der Waals surface area contributed by atoms with Crippen LogP contribution in [0.1, 0.15) is 63.6 Å². The van der Waals surface area contributed by atoms with Gasteiger partial charge >= 0.3 is 0 Å². The summed E-state index contributed by atoms with van der Waals surface area (Å²) in [6.07, 6.45) is 2.19. The fraction of sp³-hybridized carbons (Fsp3) is 0.625. The molecule has 2 rings (SSSR count). The standard InChI is InChI=1S/C16H25NO/c1-6-11(2)12-7-8-15-13(9-12)14(17-5)10-16(3,4)18-15/h7-9,11,14,17H,6,10H2,1-5H3. The van der Waals surface area contributed by atoms with Gasteiger partial charge in [-0.15, -0.1) is 0 Å². The third-order valence-corrected chi connectivity index (χ3v) is 4.02. The van der Waals surface area contributed by atoms with Crippen LogP contribution in [0, 0.1) is 0 Å². The van der Waals surface area contributed by atoms with Gasteiger partial charge in [0.1, 0.15) is 11.4 Å². The Labute approximate surface area is 111 Å². The zero-order valence-corrected chi connectivity index (χ0v) is 12.2. The molecular weight excluding hydrogens is 222 g/mol. The fourth-order valence-corrected chi connectivity index (χ4v) is 2.67. The van der Waals surface area contributed by atoms with Crippen molar-refractivity contribution in [2.75, 3.05) is 7.05 Å². The average Bonchev–Trinajstić information content (AvgIpc) is 2.35. The van der Waals surface area contributed by atoms with Gasteiger partial charge in [0, 0.05) is 18.0 Å². The molecule has 0 amide bonds. The quantitative estimate of drug-likeness (QED) is 0.871. The number of ether oxygens (including phenoxy) is 1. The summed E-state index contributed by atoms with van der Waals surface area (Å²) in [6.45, 7) is 8.83. The van der Waals surface area contributed by atoms with Gasteiger partial charge in [0.25, 0.3) is 0 Å². The van der Waals surface area contributed by atoms with Crippen molar-refractivity contribution < 1.29 is 4.74 Å². The molecular formula is C16H25NO. The van der Waals surface area contributed by atoms with Crippen molar-refractivity contribution in [3.05, 3.63) is 29.3 Å². The lowest BCUT2D eigenvalue weighted by atomic mass is 9.87. The molecule has 1 aliphatic heterocycles. The van der Waals surface area contributed by atoms with E-state index in [1.165, 1.54) is 17.5 Å². The van der Waals surface area contributed by atoms with Gasteiger partial charge in [-0.05, 0) is 44.9 Å². The zero-order valence-electron chi connectivity index (χ0n) is 12.2. The summed E-state index contributed by atoms with van der Waals surface area (Å²) in [5.74, 6) is 1.65. The Hall–Kier alpha value is -1.02. The molecule has 0 saturated carbocycles. The maximum atomic E-state index is 6.08. The number of hydrogen-bond acceptors (Lipinski definition) is 2. The van der Waals surface area contributed by atoms with E-state index in [1.54, 1.807) is 0 Å². The molecule has 1 heterocycles. The van der Waals surface area contributed by atoms with Gasteiger partial charge < -0.3 is 10.1 Å². The number of nitrogens with one attached hydrogen (secondary N) is 1. The van der Waals surface area contributed by atoms with Crippen molar-refractivity contribution in [3.8, 4) is 5.75 Å². The van der Waals surface area contributed by atoms with Gasteiger partial charge in [-0.2, -0.15) is 0 Å². The van der Waals surface area contributed by atoms with Crippen molar-refractivity contribution in [3.63, 3.8) is 0 Å². The molecule has 18 heavy (non-hydrogen) atoms. The Bertz CT molecular complexity index is 425. The number of benzene rings is 1. The van der Waals surface area contributed by atoms with Crippen LogP contribution >= 0.6 is 0 Å². The predicted molar refractivity (Wildman–Crippen MR) is 76.3 cm³/mol. The van der Waals surface area contributed by atoms with Gasteiger partial charge in [0.2, 0.25) is 0 Å².